The number of hydrogen-bond donors (Lipinski definition) is 0. The van der Waals surface area contributed by atoms with Crippen LogP contribution in [0.15, 0.2) is 48.5 Å². The Kier molecular flexibility index (Phi) is 33.9. The van der Waals surface area contributed by atoms with Crippen LogP contribution < -0.4 is 20.0 Å². The molecule has 0 aliphatic heterocycles. The maximum atomic E-state index is 6.17. The largest absolute Gasteiger partial charge is 4.00 e. The summed E-state index contributed by atoms with van der Waals surface area (Å²) in [5, 5.41) is 3.51. The average Bonchev–Trinajstić information content (AvgIpc) is 4.19. The van der Waals surface area contributed by atoms with Gasteiger partial charge in [-0.25, -0.2) is 0 Å². The number of para-hydroxylation sites is 2. The van der Waals surface area contributed by atoms with Gasteiger partial charge in [-0.1, -0.05) is 184 Å². The molecular weight excluding hydrogens is 1370 g/mol. The Morgan fingerprint density at radius 2 is 0.639 bits per heavy atom. The third-order valence-electron chi connectivity index (χ3n) is 25.1. The second-order valence-electron chi connectivity index (χ2n) is 32.5. The topological polar surface area (TPSA) is 12.5 Å². The second-order valence-corrected chi connectivity index (χ2v) is 41.7. The van der Waals surface area contributed by atoms with Crippen LogP contribution in [0.5, 0.6) is 5.75 Å². The molecule has 0 saturated heterocycles. The molecule has 474 valence electrons. The molecule has 0 spiro atoms. The van der Waals surface area contributed by atoms with Crippen molar-refractivity contribution in [3.63, 3.8) is 0 Å². The minimum absolute atomic E-state index is 0. The van der Waals surface area contributed by atoms with Crippen LogP contribution in [0.4, 0.5) is 5.69 Å². The smallest absolute Gasteiger partial charge is 0.497 e. The summed E-state index contributed by atoms with van der Waals surface area (Å²) in [5.74, 6) is 12.6. The van der Waals surface area contributed by atoms with Crippen LogP contribution in [-0.4, -0.2) is 37.4 Å². The molecule has 14 unspecified atom stereocenters. The van der Waals surface area contributed by atoms with Crippen LogP contribution in [0.2, 0.25) is 35.3 Å². The zero-order valence-electron chi connectivity index (χ0n) is 59.9. The maximum absolute atomic E-state index is 6.17. The molecule has 10 rings (SSSR count). The fourth-order valence-corrected chi connectivity index (χ4v) is 34.5. The van der Waals surface area contributed by atoms with Crippen molar-refractivity contribution in [1.82, 2.24) is 0 Å². The fourth-order valence-electron chi connectivity index (χ4n) is 21.1. The van der Waals surface area contributed by atoms with Gasteiger partial charge < -0.3 is 69.0 Å². The molecule has 2 nitrogen and oxygen atoms in total. The van der Waals surface area contributed by atoms with Gasteiger partial charge >= 0.3 is 51.7 Å². The molecule has 14 atom stereocenters. The summed E-state index contributed by atoms with van der Waals surface area (Å²) in [5.41, 5.74) is 7.14. The van der Waals surface area contributed by atoms with Gasteiger partial charge in [0.25, 0.3) is 0 Å². The summed E-state index contributed by atoms with van der Waals surface area (Å²) in [4.78, 5) is 2.46. The van der Waals surface area contributed by atoms with E-state index >= 15 is 0 Å². The van der Waals surface area contributed by atoms with Crippen LogP contribution in [0.3, 0.4) is 0 Å². The minimum atomic E-state index is -1.84. The standard InChI is InChI=1S/C35H59NSi.C34H56OSi.8CH3.2Hf/c1-34(2,3)24-18-20-27-28-21-19-25(35(4,5)6)23-30(28)33(29(27)22-24)37(9,26-14-10-11-15-26)32-17-13-12-16-31(32)36(7)8;1-33(2,3)23-17-19-26-27-20-18-24(34(4,5)6)22-29(27)32(28(26)21-23)36(8,25-13-9-10-14-25)31-16-12-11-15-30(31)35-7;;;;;;;;;;/h12-13,16-17,24-30,33H,10-11,14-15,18-23H2,1-9H3;11-12,15-16,23-29,32H,9-10,13-14,17-22H2,1-8H3;8*1H3;;/q;;8*-1;2*+4. The summed E-state index contributed by atoms with van der Waals surface area (Å²) in [6.07, 6.45) is 29.8. The van der Waals surface area contributed by atoms with E-state index in [-0.39, 0.29) is 111 Å². The van der Waals surface area contributed by atoms with E-state index in [1.165, 1.54) is 134 Å². The Morgan fingerprint density at radius 3 is 0.916 bits per heavy atom. The molecule has 6 heteroatoms. The van der Waals surface area contributed by atoms with Crippen molar-refractivity contribution in [2.75, 3.05) is 26.1 Å². The molecule has 83 heavy (non-hydrogen) atoms. The van der Waals surface area contributed by atoms with Crippen molar-refractivity contribution in [3.05, 3.63) is 108 Å². The van der Waals surface area contributed by atoms with E-state index in [0.29, 0.717) is 21.7 Å². The Balaban J connectivity index is 0. The Bertz CT molecular complexity index is 2080. The summed E-state index contributed by atoms with van der Waals surface area (Å²) in [6, 6.07) is 19.1. The van der Waals surface area contributed by atoms with Crippen molar-refractivity contribution in [2.45, 2.75) is 247 Å². The maximum Gasteiger partial charge on any atom is 4.00 e. The Labute approximate surface area is 563 Å². The van der Waals surface area contributed by atoms with Crippen molar-refractivity contribution in [3.8, 4) is 5.75 Å². The van der Waals surface area contributed by atoms with Gasteiger partial charge in [0.15, 0.2) is 0 Å². The molecule has 8 aliphatic carbocycles. The predicted octanol–water partition coefficient (Wildman–Crippen LogP) is 22.6. The number of ether oxygens (including phenoxy) is 1. The number of fused-ring (bicyclic) bond motifs is 6. The summed E-state index contributed by atoms with van der Waals surface area (Å²) in [6.45, 7) is 36.2. The Morgan fingerprint density at radius 1 is 0.373 bits per heavy atom. The monoisotopic (exact) mass is 1510 g/mol. The van der Waals surface area contributed by atoms with Crippen LogP contribution in [0, 0.1) is 152 Å². The first-order valence-corrected chi connectivity index (χ1v) is 37.0. The second kappa shape index (κ2) is 33.0. The van der Waals surface area contributed by atoms with Gasteiger partial charge in [0.1, 0.15) is 5.75 Å². The SMILES string of the molecule is CN(C)c1ccccc1[Si](C)(C1CCCC1)C1C2CC(C(C)(C)C)CCC2C2CCC(C(C)(C)C)CC21.COc1ccccc1[Si](C)(C1CCCC1)C1C2CC(C(C)(C)C)CCC2C2CCC(C(C)(C)C)CC21.[CH3-].[CH3-].[CH3-].[CH3-].[CH3-].[CH3-].[CH3-].[CH3-].[Hf+4].[Hf+4]. The van der Waals surface area contributed by atoms with Gasteiger partial charge in [0, 0.05) is 19.8 Å². The first-order chi connectivity index (χ1) is 34.3. The molecule has 2 aromatic carbocycles. The summed E-state index contributed by atoms with van der Waals surface area (Å²) >= 11 is 0. The van der Waals surface area contributed by atoms with Crippen molar-refractivity contribution in [2.24, 2.45) is 92.7 Å². The summed E-state index contributed by atoms with van der Waals surface area (Å²) < 4.78 is 6.17. The molecule has 0 aromatic heterocycles. The van der Waals surface area contributed by atoms with Crippen molar-refractivity contribution < 1.29 is 56.4 Å². The number of anilines is 1. The fraction of sp³-hybridized carbons (Fsp3) is 0.740. The van der Waals surface area contributed by atoms with Gasteiger partial charge in [-0.15, -0.1) is 0 Å². The zero-order chi connectivity index (χ0) is 52.6. The molecule has 0 heterocycles. The molecule has 2 aromatic rings. The van der Waals surface area contributed by atoms with E-state index in [1.54, 1.807) is 10.9 Å². The number of benzene rings is 2. The predicted molar refractivity (Wildman–Crippen MR) is 375 cm³/mol. The van der Waals surface area contributed by atoms with Crippen molar-refractivity contribution >= 4 is 32.2 Å². The minimum Gasteiger partial charge on any atom is -0.497 e. The number of hydrogen-bond acceptors (Lipinski definition) is 2. The first kappa shape index (κ1) is 85.3. The van der Waals surface area contributed by atoms with E-state index in [2.05, 4.69) is 164 Å². The van der Waals surface area contributed by atoms with Gasteiger partial charge in [0.05, 0.1) is 23.3 Å². The number of nitrogens with zero attached hydrogens (tertiary/aromatic N) is 1. The van der Waals surface area contributed by atoms with E-state index in [4.69, 9.17) is 4.74 Å². The van der Waals surface area contributed by atoms with E-state index in [0.717, 1.165) is 93.2 Å². The van der Waals surface area contributed by atoms with Crippen LogP contribution in [0.1, 0.15) is 212 Å². The molecule has 0 amide bonds. The van der Waals surface area contributed by atoms with E-state index in [9.17, 15) is 0 Å². The Hall–Kier alpha value is 0.214. The van der Waals surface area contributed by atoms with Gasteiger partial charge in [-0.05, 0) is 214 Å². The molecule has 8 aliphatic rings. The third kappa shape index (κ3) is 16.7. The normalized spacial score (nSPS) is 32.5. The zero-order valence-corrected chi connectivity index (χ0v) is 69.0. The molecule has 0 radical (unpaired) electrons. The number of methoxy groups -OCH3 is 1. The van der Waals surface area contributed by atoms with Gasteiger partial charge in [0.2, 0.25) is 0 Å². The molecule has 8 fully saturated rings. The third-order valence-corrected chi connectivity index (χ3v) is 37.3. The average molecular weight is 1510 g/mol. The van der Waals surface area contributed by atoms with Crippen molar-refractivity contribution in [1.29, 1.82) is 0 Å². The molecular formula is C77H139Hf2NOSi2. The molecule has 0 bridgehead atoms. The van der Waals surface area contributed by atoms with Crippen LogP contribution >= 0.6 is 0 Å². The van der Waals surface area contributed by atoms with Gasteiger partial charge in [-0.2, -0.15) is 0 Å². The van der Waals surface area contributed by atoms with Gasteiger partial charge in [-0.3, -0.25) is 0 Å². The van der Waals surface area contributed by atoms with E-state index in [1.807, 2.05) is 12.3 Å². The van der Waals surface area contributed by atoms with E-state index < -0.39 is 16.1 Å². The van der Waals surface area contributed by atoms with Crippen LogP contribution in [-0.2, 0) is 51.7 Å². The first-order valence-electron chi connectivity index (χ1n) is 31.7. The molecule has 0 N–H and O–H groups in total. The number of rotatable bonds is 8. The van der Waals surface area contributed by atoms with Crippen LogP contribution in [0.25, 0.3) is 0 Å². The quantitative estimate of drug-likeness (QED) is 0.193. The summed E-state index contributed by atoms with van der Waals surface area (Å²) in [7, 11) is 2.88. The molecule has 8 saturated carbocycles.